The van der Waals surface area contributed by atoms with E-state index in [4.69, 9.17) is 4.74 Å². The molecule has 0 radical (unpaired) electrons. The Kier molecular flexibility index (Phi) is 3.27. The van der Waals surface area contributed by atoms with Gasteiger partial charge in [0.2, 0.25) is 0 Å². The highest BCUT2D eigenvalue weighted by atomic mass is 19.2. The Morgan fingerprint density at radius 2 is 1.53 bits per heavy atom. The number of rotatable bonds is 2. The SMILES string of the molecule is COc1c(F)c(C)c(F)c(F)c1C(C)C. The van der Waals surface area contributed by atoms with Crippen molar-refractivity contribution in [1.29, 1.82) is 0 Å². The van der Waals surface area contributed by atoms with Crippen LogP contribution in [-0.4, -0.2) is 7.11 Å². The Morgan fingerprint density at radius 3 is 1.93 bits per heavy atom. The van der Waals surface area contributed by atoms with E-state index in [9.17, 15) is 13.2 Å². The van der Waals surface area contributed by atoms with E-state index in [2.05, 4.69) is 0 Å². The minimum Gasteiger partial charge on any atom is -0.493 e. The van der Waals surface area contributed by atoms with Crippen LogP contribution in [0.2, 0.25) is 0 Å². The third-order valence-electron chi connectivity index (χ3n) is 2.31. The summed E-state index contributed by atoms with van der Waals surface area (Å²) in [6.45, 7) is 4.48. The second-order valence-electron chi connectivity index (χ2n) is 3.67. The third kappa shape index (κ3) is 1.80. The lowest BCUT2D eigenvalue weighted by Crippen LogP contribution is -2.06. The maximum Gasteiger partial charge on any atom is 0.171 e. The quantitative estimate of drug-likeness (QED) is 0.690. The lowest BCUT2D eigenvalue weighted by atomic mass is 9.98. The molecule has 0 N–H and O–H groups in total. The van der Waals surface area contributed by atoms with Gasteiger partial charge in [-0.25, -0.2) is 13.2 Å². The largest absolute Gasteiger partial charge is 0.493 e. The molecular formula is C11H13F3O. The van der Waals surface area contributed by atoms with Crippen LogP contribution in [0.3, 0.4) is 0 Å². The predicted octanol–water partition coefficient (Wildman–Crippen LogP) is 3.54. The van der Waals surface area contributed by atoms with Crippen LogP contribution in [0.25, 0.3) is 0 Å². The van der Waals surface area contributed by atoms with Gasteiger partial charge in [0, 0.05) is 11.1 Å². The molecule has 0 heterocycles. The number of benzene rings is 1. The molecule has 1 aromatic carbocycles. The van der Waals surface area contributed by atoms with Crippen LogP contribution in [-0.2, 0) is 0 Å². The normalized spacial score (nSPS) is 10.9. The van der Waals surface area contributed by atoms with Crippen molar-refractivity contribution in [2.24, 2.45) is 0 Å². The number of ether oxygens (including phenoxy) is 1. The van der Waals surface area contributed by atoms with Crippen molar-refractivity contribution in [3.63, 3.8) is 0 Å². The molecule has 0 fully saturated rings. The zero-order chi connectivity index (χ0) is 11.7. The summed E-state index contributed by atoms with van der Waals surface area (Å²) >= 11 is 0. The summed E-state index contributed by atoms with van der Waals surface area (Å²) in [5.74, 6) is -3.55. The van der Waals surface area contributed by atoms with Crippen molar-refractivity contribution < 1.29 is 17.9 Å². The van der Waals surface area contributed by atoms with Crippen LogP contribution in [0.15, 0.2) is 0 Å². The van der Waals surface area contributed by atoms with Gasteiger partial charge >= 0.3 is 0 Å². The van der Waals surface area contributed by atoms with E-state index >= 15 is 0 Å². The molecule has 0 saturated heterocycles. The first-order valence-electron chi connectivity index (χ1n) is 4.62. The molecule has 0 spiro atoms. The van der Waals surface area contributed by atoms with Gasteiger partial charge in [-0.15, -0.1) is 0 Å². The first-order valence-corrected chi connectivity index (χ1v) is 4.62. The fourth-order valence-electron chi connectivity index (χ4n) is 1.48. The Balaban J connectivity index is 3.62. The summed E-state index contributed by atoms with van der Waals surface area (Å²) in [7, 11) is 1.24. The summed E-state index contributed by atoms with van der Waals surface area (Å²) in [4.78, 5) is 0. The van der Waals surface area contributed by atoms with Gasteiger partial charge in [0.25, 0.3) is 0 Å². The van der Waals surface area contributed by atoms with Crippen molar-refractivity contribution >= 4 is 0 Å². The fourth-order valence-corrected chi connectivity index (χ4v) is 1.48. The fraction of sp³-hybridized carbons (Fsp3) is 0.455. The van der Waals surface area contributed by atoms with Crippen molar-refractivity contribution in [1.82, 2.24) is 0 Å². The van der Waals surface area contributed by atoms with E-state index in [0.29, 0.717) is 0 Å². The number of hydrogen-bond donors (Lipinski definition) is 0. The Morgan fingerprint density at radius 1 is 1.00 bits per heavy atom. The number of methoxy groups -OCH3 is 1. The summed E-state index contributed by atoms with van der Waals surface area (Å²) in [6, 6.07) is 0. The molecule has 0 amide bonds. The van der Waals surface area contributed by atoms with Crippen molar-refractivity contribution in [2.75, 3.05) is 7.11 Å². The minimum absolute atomic E-state index is 0.0573. The van der Waals surface area contributed by atoms with Crippen LogP contribution in [0.4, 0.5) is 13.2 Å². The molecule has 1 rings (SSSR count). The van der Waals surface area contributed by atoms with E-state index in [0.717, 1.165) is 0 Å². The maximum absolute atomic E-state index is 13.5. The monoisotopic (exact) mass is 218 g/mol. The molecule has 0 bridgehead atoms. The molecule has 1 nitrogen and oxygen atoms in total. The molecule has 0 aromatic heterocycles. The van der Waals surface area contributed by atoms with Crippen LogP contribution in [0.5, 0.6) is 5.75 Å². The minimum atomic E-state index is -1.14. The highest BCUT2D eigenvalue weighted by molar-refractivity contribution is 5.42. The summed E-state index contributed by atoms with van der Waals surface area (Å²) < 4.78 is 45.1. The second kappa shape index (κ2) is 4.13. The standard InChI is InChI=1S/C11H13F3O/c1-5(2)7-10(14)8(12)6(3)9(13)11(7)15-4/h5H,1-4H3. The zero-order valence-electron chi connectivity index (χ0n) is 9.12. The molecule has 1 aromatic rings. The van der Waals surface area contributed by atoms with Gasteiger partial charge in [0.05, 0.1) is 7.11 Å². The van der Waals surface area contributed by atoms with E-state index in [1.54, 1.807) is 13.8 Å². The summed E-state index contributed by atoms with van der Waals surface area (Å²) in [5, 5.41) is 0. The van der Waals surface area contributed by atoms with Gasteiger partial charge in [-0.2, -0.15) is 0 Å². The lowest BCUT2D eigenvalue weighted by Gasteiger charge is -2.15. The van der Waals surface area contributed by atoms with Gasteiger partial charge < -0.3 is 4.74 Å². The van der Waals surface area contributed by atoms with Gasteiger partial charge in [-0.05, 0) is 12.8 Å². The van der Waals surface area contributed by atoms with Crippen molar-refractivity contribution in [3.8, 4) is 5.75 Å². The van der Waals surface area contributed by atoms with E-state index in [-0.39, 0.29) is 22.8 Å². The van der Waals surface area contributed by atoms with E-state index < -0.39 is 17.5 Å². The predicted molar refractivity (Wildman–Crippen MR) is 51.7 cm³/mol. The molecule has 0 aliphatic rings. The van der Waals surface area contributed by atoms with E-state index in [1.165, 1.54) is 14.0 Å². The van der Waals surface area contributed by atoms with Gasteiger partial charge in [0.1, 0.15) is 0 Å². The van der Waals surface area contributed by atoms with Crippen LogP contribution in [0, 0.1) is 24.4 Å². The molecule has 4 heteroatoms. The van der Waals surface area contributed by atoms with Gasteiger partial charge in [0.15, 0.2) is 23.2 Å². The first kappa shape index (κ1) is 11.9. The Labute approximate surface area is 86.9 Å². The average molecular weight is 218 g/mol. The lowest BCUT2D eigenvalue weighted by molar-refractivity contribution is 0.362. The third-order valence-corrected chi connectivity index (χ3v) is 2.31. The molecule has 15 heavy (non-hydrogen) atoms. The number of hydrogen-bond acceptors (Lipinski definition) is 1. The Hall–Kier alpha value is -1.19. The summed E-state index contributed by atoms with van der Waals surface area (Å²) in [5.41, 5.74) is -0.410. The molecule has 0 aliphatic carbocycles. The highest BCUT2D eigenvalue weighted by Gasteiger charge is 2.24. The average Bonchev–Trinajstić information content (AvgIpc) is 2.19. The molecular weight excluding hydrogens is 205 g/mol. The molecule has 0 unspecified atom stereocenters. The first-order chi connectivity index (χ1) is 6.91. The van der Waals surface area contributed by atoms with Crippen molar-refractivity contribution in [3.05, 3.63) is 28.6 Å². The Bertz CT molecular complexity index is 386. The van der Waals surface area contributed by atoms with Crippen molar-refractivity contribution in [2.45, 2.75) is 26.7 Å². The second-order valence-corrected chi connectivity index (χ2v) is 3.67. The molecule has 0 aliphatic heterocycles. The topological polar surface area (TPSA) is 9.23 Å². The smallest absolute Gasteiger partial charge is 0.171 e. The van der Waals surface area contributed by atoms with Crippen LogP contribution in [0.1, 0.15) is 30.9 Å². The van der Waals surface area contributed by atoms with E-state index in [1.807, 2.05) is 0 Å². The molecule has 0 atom stereocenters. The molecule has 0 saturated carbocycles. The highest BCUT2D eigenvalue weighted by Crippen LogP contribution is 2.35. The maximum atomic E-state index is 13.5. The van der Waals surface area contributed by atoms with Gasteiger partial charge in [-0.3, -0.25) is 0 Å². The van der Waals surface area contributed by atoms with Crippen LogP contribution >= 0.6 is 0 Å². The molecule has 84 valence electrons. The zero-order valence-corrected chi connectivity index (χ0v) is 9.12. The van der Waals surface area contributed by atoms with Crippen LogP contribution < -0.4 is 4.74 Å². The number of halogens is 3. The summed E-state index contributed by atoms with van der Waals surface area (Å²) in [6.07, 6.45) is 0. The van der Waals surface area contributed by atoms with Gasteiger partial charge in [-0.1, -0.05) is 13.8 Å².